The van der Waals surface area contributed by atoms with Crippen molar-refractivity contribution in [3.05, 3.63) is 57.5 Å². The van der Waals surface area contributed by atoms with Crippen molar-refractivity contribution in [2.45, 2.75) is 12.5 Å². The summed E-state index contributed by atoms with van der Waals surface area (Å²) < 4.78 is 76.5. The molecule has 0 unspecified atom stereocenters. The highest BCUT2D eigenvalue weighted by Crippen LogP contribution is 2.49. The molecule has 3 aromatic rings. The van der Waals surface area contributed by atoms with Gasteiger partial charge in [-0.3, -0.25) is 9.59 Å². The second-order valence-corrected chi connectivity index (χ2v) is 7.58. The molecule has 9 nitrogen and oxygen atoms in total. The van der Waals surface area contributed by atoms with Gasteiger partial charge in [0.1, 0.15) is 11.3 Å². The SMILES string of the molecule is CNC(=O)c1c(NC(=O)c2cc(C(F)(F)F)nn2-c2ncccc2Cl)c(Cl)cc2c1OC(F)(F)O2. The van der Waals surface area contributed by atoms with E-state index in [1.165, 1.54) is 18.3 Å². The highest BCUT2D eigenvalue weighted by molar-refractivity contribution is 6.35. The summed E-state index contributed by atoms with van der Waals surface area (Å²) in [5, 5.41) is 7.11. The number of rotatable bonds is 4. The summed E-state index contributed by atoms with van der Waals surface area (Å²) in [4.78, 5) is 29.4. The first-order valence-electron chi connectivity index (χ1n) is 9.26. The van der Waals surface area contributed by atoms with Gasteiger partial charge in [0.15, 0.2) is 23.0 Å². The van der Waals surface area contributed by atoms with Gasteiger partial charge in [-0.2, -0.15) is 18.3 Å². The number of fused-ring (bicyclic) bond motifs is 1. The van der Waals surface area contributed by atoms with Gasteiger partial charge in [-0.1, -0.05) is 23.2 Å². The number of aromatic nitrogens is 3. The van der Waals surface area contributed by atoms with E-state index in [1.54, 1.807) is 0 Å². The molecule has 2 N–H and O–H groups in total. The van der Waals surface area contributed by atoms with Crippen LogP contribution in [0, 0.1) is 0 Å². The van der Waals surface area contributed by atoms with Gasteiger partial charge < -0.3 is 20.1 Å². The third kappa shape index (κ3) is 4.53. The molecule has 0 spiro atoms. The Morgan fingerprint density at radius 1 is 1.11 bits per heavy atom. The van der Waals surface area contributed by atoms with E-state index in [0.717, 1.165) is 13.1 Å². The Bertz CT molecular complexity index is 1360. The van der Waals surface area contributed by atoms with E-state index in [-0.39, 0.29) is 10.8 Å². The molecule has 0 radical (unpaired) electrons. The molecule has 0 aliphatic carbocycles. The van der Waals surface area contributed by atoms with Crippen LogP contribution < -0.4 is 20.1 Å². The highest BCUT2D eigenvalue weighted by atomic mass is 35.5. The number of nitrogens with one attached hydrogen (secondary N) is 2. The van der Waals surface area contributed by atoms with Gasteiger partial charge >= 0.3 is 12.5 Å². The Morgan fingerprint density at radius 2 is 1.83 bits per heavy atom. The monoisotopic (exact) mass is 537 g/mol. The lowest BCUT2D eigenvalue weighted by Gasteiger charge is -2.15. The summed E-state index contributed by atoms with van der Waals surface area (Å²) in [5.41, 5.74) is -3.35. The largest absolute Gasteiger partial charge is 0.586 e. The van der Waals surface area contributed by atoms with Crippen LogP contribution in [0.3, 0.4) is 0 Å². The van der Waals surface area contributed by atoms with Crippen LogP contribution in [0.25, 0.3) is 5.82 Å². The molecule has 4 rings (SSSR count). The number of carbonyl (C=O) groups is 2. The van der Waals surface area contributed by atoms with Crippen molar-refractivity contribution in [2.24, 2.45) is 0 Å². The van der Waals surface area contributed by atoms with Gasteiger partial charge in [0, 0.05) is 25.4 Å². The topological polar surface area (TPSA) is 107 Å². The number of halogens is 7. The first-order valence-corrected chi connectivity index (χ1v) is 10.0. The van der Waals surface area contributed by atoms with E-state index in [0.29, 0.717) is 10.7 Å². The molecule has 35 heavy (non-hydrogen) atoms. The number of hydrogen-bond donors (Lipinski definition) is 2. The standard InChI is InChI=1S/C19H10Cl2F5N5O4/c1-27-17(33)12-13(8(21)5-10-14(12)35-19(25,26)34-10)29-16(32)9-6-11(18(22,23)24)30-31(9)15-7(20)3-2-4-28-15/h2-6H,1H3,(H,27,33)(H,29,32). The highest BCUT2D eigenvalue weighted by Gasteiger charge is 2.47. The third-order valence-corrected chi connectivity index (χ3v) is 5.11. The van der Waals surface area contributed by atoms with Crippen LogP contribution in [0.1, 0.15) is 26.5 Å². The number of anilines is 1. The van der Waals surface area contributed by atoms with Gasteiger partial charge in [0.25, 0.3) is 11.8 Å². The van der Waals surface area contributed by atoms with Gasteiger partial charge in [-0.15, -0.1) is 8.78 Å². The maximum Gasteiger partial charge on any atom is 0.586 e. The fourth-order valence-corrected chi connectivity index (χ4v) is 3.51. The van der Waals surface area contributed by atoms with Crippen LogP contribution in [0.4, 0.5) is 27.6 Å². The number of amides is 2. The van der Waals surface area contributed by atoms with E-state index in [9.17, 15) is 31.5 Å². The molecule has 0 saturated heterocycles. The minimum absolute atomic E-state index is 0.132. The zero-order chi connectivity index (χ0) is 25.7. The van der Waals surface area contributed by atoms with E-state index < -0.39 is 63.4 Å². The van der Waals surface area contributed by atoms with Crippen molar-refractivity contribution in [3.63, 3.8) is 0 Å². The Balaban J connectivity index is 1.84. The Kier molecular flexibility index (Phi) is 5.97. The van der Waals surface area contributed by atoms with Crippen LogP contribution in [-0.2, 0) is 6.18 Å². The molecule has 2 aromatic heterocycles. The number of nitrogens with zero attached hydrogens (tertiary/aromatic N) is 3. The molecule has 1 aliphatic rings. The fraction of sp³-hybridized carbons (Fsp3) is 0.158. The number of hydrogen-bond acceptors (Lipinski definition) is 6. The predicted molar refractivity (Wildman–Crippen MR) is 110 cm³/mol. The van der Waals surface area contributed by atoms with Crippen LogP contribution in [0.15, 0.2) is 30.5 Å². The van der Waals surface area contributed by atoms with Crippen LogP contribution in [0.5, 0.6) is 11.5 Å². The minimum atomic E-state index is -4.95. The lowest BCUT2D eigenvalue weighted by Crippen LogP contribution is -2.27. The molecule has 184 valence electrons. The maximum absolute atomic E-state index is 13.6. The summed E-state index contributed by atoms with van der Waals surface area (Å²) in [5.74, 6) is -3.92. The number of pyridine rings is 1. The second-order valence-electron chi connectivity index (χ2n) is 6.77. The van der Waals surface area contributed by atoms with Gasteiger partial charge in [0.05, 0.1) is 15.7 Å². The molecule has 0 saturated carbocycles. The van der Waals surface area contributed by atoms with Crippen LogP contribution >= 0.6 is 23.2 Å². The average Bonchev–Trinajstić information content (AvgIpc) is 3.34. The summed E-state index contributed by atoms with van der Waals surface area (Å²) in [7, 11) is 1.16. The molecule has 1 aromatic carbocycles. The number of ether oxygens (including phenoxy) is 2. The average molecular weight is 538 g/mol. The van der Waals surface area contributed by atoms with Gasteiger partial charge in [0.2, 0.25) is 0 Å². The first-order chi connectivity index (χ1) is 16.3. The van der Waals surface area contributed by atoms with Crippen molar-refractivity contribution in [3.8, 4) is 17.3 Å². The number of alkyl halides is 5. The zero-order valence-electron chi connectivity index (χ0n) is 17.0. The lowest BCUT2D eigenvalue weighted by molar-refractivity contribution is -0.286. The van der Waals surface area contributed by atoms with E-state index in [2.05, 4.69) is 30.2 Å². The molecular formula is C19H10Cl2F5N5O4. The minimum Gasteiger partial charge on any atom is -0.395 e. The first kappa shape index (κ1) is 24.5. The van der Waals surface area contributed by atoms with E-state index >= 15 is 0 Å². The third-order valence-electron chi connectivity index (χ3n) is 4.51. The van der Waals surface area contributed by atoms with Gasteiger partial charge in [-0.05, 0) is 12.1 Å². The quantitative estimate of drug-likeness (QED) is 0.473. The molecule has 0 atom stereocenters. The molecule has 0 bridgehead atoms. The molecule has 0 fully saturated rings. The van der Waals surface area contributed by atoms with E-state index in [4.69, 9.17) is 23.2 Å². The molecule has 3 heterocycles. The van der Waals surface area contributed by atoms with Crippen molar-refractivity contribution in [2.75, 3.05) is 12.4 Å². The zero-order valence-corrected chi connectivity index (χ0v) is 18.5. The molecule has 16 heteroatoms. The number of carbonyl (C=O) groups excluding carboxylic acids is 2. The molecular weight excluding hydrogens is 528 g/mol. The van der Waals surface area contributed by atoms with Crippen molar-refractivity contribution in [1.82, 2.24) is 20.1 Å². The summed E-state index contributed by atoms with van der Waals surface area (Å²) in [6, 6.07) is 3.96. The summed E-state index contributed by atoms with van der Waals surface area (Å²) in [6.45, 7) is 0. The Labute approximate surface area is 201 Å². The second kappa shape index (κ2) is 8.53. The van der Waals surface area contributed by atoms with Crippen molar-refractivity contribution < 1.29 is 41.0 Å². The summed E-state index contributed by atoms with van der Waals surface area (Å²) in [6.07, 6.45) is -7.87. The van der Waals surface area contributed by atoms with E-state index in [1.807, 2.05) is 0 Å². The molecule has 1 aliphatic heterocycles. The van der Waals surface area contributed by atoms with Crippen molar-refractivity contribution >= 4 is 40.7 Å². The lowest BCUT2D eigenvalue weighted by atomic mass is 10.1. The van der Waals surface area contributed by atoms with Crippen LogP contribution in [-0.4, -0.2) is 39.9 Å². The summed E-state index contributed by atoms with van der Waals surface area (Å²) >= 11 is 12.1. The normalized spacial score (nSPS) is 14.1. The number of benzene rings is 1. The molecule has 2 amide bonds. The Morgan fingerprint density at radius 3 is 2.46 bits per heavy atom. The van der Waals surface area contributed by atoms with Crippen LogP contribution in [0.2, 0.25) is 10.0 Å². The Hall–Kier alpha value is -3.65. The maximum atomic E-state index is 13.6. The van der Waals surface area contributed by atoms with Crippen molar-refractivity contribution in [1.29, 1.82) is 0 Å². The predicted octanol–water partition coefficient (Wildman–Crippen LogP) is 4.53. The van der Waals surface area contributed by atoms with Gasteiger partial charge in [-0.25, -0.2) is 9.67 Å². The fourth-order valence-electron chi connectivity index (χ4n) is 3.07. The smallest absolute Gasteiger partial charge is 0.395 e.